The molecule has 0 aliphatic heterocycles. The summed E-state index contributed by atoms with van der Waals surface area (Å²) in [7, 11) is 0. The van der Waals surface area contributed by atoms with Crippen LogP contribution in [0.4, 0.5) is 15.8 Å². The molecule has 7 heteroatoms. The van der Waals surface area contributed by atoms with E-state index in [1.807, 2.05) is 6.07 Å². The van der Waals surface area contributed by atoms with E-state index < -0.39 is 11.7 Å². The summed E-state index contributed by atoms with van der Waals surface area (Å²) in [4.78, 5) is 24.7. The number of anilines is 2. The molecule has 0 heterocycles. The zero-order valence-electron chi connectivity index (χ0n) is 14.6. The Hall–Kier alpha value is -3.38. The molecule has 3 aromatic carbocycles. The Morgan fingerprint density at radius 3 is 2.39 bits per heavy atom. The van der Waals surface area contributed by atoms with Gasteiger partial charge in [0, 0.05) is 5.69 Å². The number of para-hydroxylation sites is 2. The van der Waals surface area contributed by atoms with Gasteiger partial charge in [0.2, 0.25) is 0 Å². The van der Waals surface area contributed by atoms with Crippen molar-refractivity contribution in [2.75, 3.05) is 17.2 Å². The summed E-state index contributed by atoms with van der Waals surface area (Å²) in [6.07, 6.45) is 0. The molecule has 0 aliphatic rings. The molecule has 0 aromatic heterocycles. The van der Waals surface area contributed by atoms with E-state index in [2.05, 4.69) is 10.6 Å². The first-order valence-corrected chi connectivity index (χ1v) is 8.74. The van der Waals surface area contributed by atoms with E-state index >= 15 is 0 Å². The predicted molar refractivity (Wildman–Crippen MR) is 106 cm³/mol. The minimum atomic E-state index is -0.500. The molecular weight excluding hydrogens is 383 g/mol. The Kier molecular flexibility index (Phi) is 6.24. The largest absolute Gasteiger partial charge is 0.482 e. The fraction of sp³-hybridized carbons (Fsp3) is 0.0476. The highest BCUT2D eigenvalue weighted by molar-refractivity contribution is 6.32. The van der Waals surface area contributed by atoms with Crippen LogP contribution < -0.4 is 15.4 Å². The summed E-state index contributed by atoms with van der Waals surface area (Å²) >= 11 is 5.87. The lowest BCUT2D eigenvalue weighted by molar-refractivity contribution is -0.118. The van der Waals surface area contributed by atoms with E-state index in [1.54, 1.807) is 48.5 Å². The van der Waals surface area contributed by atoms with Crippen molar-refractivity contribution in [3.8, 4) is 5.75 Å². The van der Waals surface area contributed by atoms with Crippen LogP contribution in [0.25, 0.3) is 0 Å². The third-order valence-electron chi connectivity index (χ3n) is 3.73. The summed E-state index contributed by atoms with van der Waals surface area (Å²) in [6, 6.07) is 19.2. The minimum absolute atomic E-state index is 0.0652. The first kappa shape index (κ1) is 19.4. The van der Waals surface area contributed by atoms with Crippen LogP contribution in [0, 0.1) is 5.82 Å². The van der Waals surface area contributed by atoms with Gasteiger partial charge < -0.3 is 15.4 Å². The van der Waals surface area contributed by atoms with Crippen LogP contribution in [-0.2, 0) is 4.79 Å². The quantitative estimate of drug-likeness (QED) is 0.629. The maximum Gasteiger partial charge on any atom is 0.262 e. The van der Waals surface area contributed by atoms with Crippen molar-refractivity contribution in [3.63, 3.8) is 0 Å². The van der Waals surface area contributed by atoms with Gasteiger partial charge in [0.15, 0.2) is 6.61 Å². The van der Waals surface area contributed by atoms with Crippen LogP contribution in [0.2, 0.25) is 5.02 Å². The highest BCUT2D eigenvalue weighted by atomic mass is 35.5. The van der Waals surface area contributed by atoms with E-state index in [9.17, 15) is 14.0 Å². The Morgan fingerprint density at radius 2 is 1.64 bits per heavy atom. The van der Waals surface area contributed by atoms with E-state index in [0.29, 0.717) is 16.9 Å². The number of rotatable bonds is 6. The summed E-state index contributed by atoms with van der Waals surface area (Å²) in [5.41, 5.74) is 1.29. The summed E-state index contributed by atoms with van der Waals surface area (Å²) < 4.78 is 18.4. The Bertz CT molecular complexity index is 996. The van der Waals surface area contributed by atoms with Gasteiger partial charge in [-0.25, -0.2) is 4.39 Å². The van der Waals surface area contributed by atoms with E-state index in [-0.39, 0.29) is 23.3 Å². The zero-order chi connectivity index (χ0) is 19.9. The SMILES string of the molecule is O=C(COc1ccc(F)cc1Cl)Nc1ccccc1C(=O)Nc1ccccc1. The Balaban J connectivity index is 1.65. The minimum Gasteiger partial charge on any atom is -0.482 e. The predicted octanol–water partition coefficient (Wildman–Crippen LogP) is 4.75. The lowest BCUT2D eigenvalue weighted by atomic mass is 10.1. The lowest BCUT2D eigenvalue weighted by Crippen LogP contribution is -2.22. The van der Waals surface area contributed by atoms with Crippen LogP contribution >= 0.6 is 11.6 Å². The highest BCUT2D eigenvalue weighted by Crippen LogP contribution is 2.25. The topological polar surface area (TPSA) is 67.4 Å². The molecule has 2 N–H and O–H groups in total. The number of ether oxygens (including phenoxy) is 1. The first-order valence-electron chi connectivity index (χ1n) is 8.36. The standard InChI is InChI=1S/C21H16ClFN2O3/c22-17-12-14(23)10-11-19(17)28-13-20(26)25-18-9-5-4-8-16(18)21(27)24-15-6-2-1-3-7-15/h1-12H,13H2,(H,24,27)(H,25,26). The van der Waals surface area contributed by atoms with Crippen molar-refractivity contribution in [2.45, 2.75) is 0 Å². The van der Waals surface area contributed by atoms with Gasteiger partial charge in [0.05, 0.1) is 16.3 Å². The fourth-order valence-electron chi connectivity index (χ4n) is 2.43. The smallest absolute Gasteiger partial charge is 0.262 e. The maximum atomic E-state index is 13.1. The molecule has 0 saturated heterocycles. The van der Waals surface area contributed by atoms with Gasteiger partial charge in [0.1, 0.15) is 11.6 Å². The van der Waals surface area contributed by atoms with Crippen LogP contribution in [0.5, 0.6) is 5.75 Å². The Morgan fingerprint density at radius 1 is 0.929 bits per heavy atom. The molecule has 3 aromatic rings. The van der Waals surface area contributed by atoms with Crippen LogP contribution in [0.15, 0.2) is 72.8 Å². The molecule has 0 fully saturated rings. The van der Waals surface area contributed by atoms with Crippen molar-refractivity contribution < 1.29 is 18.7 Å². The summed E-state index contributed by atoms with van der Waals surface area (Å²) in [6.45, 7) is -0.347. The monoisotopic (exact) mass is 398 g/mol. The molecule has 0 bridgehead atoms. The third kappa shape index (κ3) is 5.08. The molecule has 142 valence electrons. The third-order valence-corrected chi connectivity index (χ3v) is 4.03. The molecule has 28 heavy (non-hydrogen) atoms. The van der Waals surface area contributed by atoms with Crippen molar-refractivity contribution in [1.29, 1.82) is 0 Å². The van der Waals surface area contributed by atoms with E-state index in [0.717, 1.165) is 6.07 Å². The molecular formula is C21H16ClFN2O3. The second-order valence-electron chi connectivity index (χ2n) is 5.78. The number of halogens is 2. The summed E-state index contributed by atoms with van der Waals surface area (Å²) in [5.74, 6) is -1.15. The second kappa shape index (κ2) is 9.01. The number of hydrogen-bond acceptors (Lipinski definition) is 3. The highest BCUT2D eigenvalue weighted by Gasteiger charge is 2.14. The molecule has 5 nitrogen and oxygen atoms in total. The van der Waals surface area contributed by atoms with E-state index in [1.165, 1.54) is 12.1 Å². The number of hydrogen-bond donors (Lipinski definition) is 2. The zero-order valence-corrected chi connectivity index (χ0v) is 15.4. The average molecular weight is 399 g/mol. The molecule has 0 aliphatic carbocycles. The number of carbonyl (C=O) groups excluding carboxylic acids is 2. The van der Waals surface area contributed by atoms with Crippen molar-refractivity contribution >= 4 is 34.8 Å². The summed E-state index contributed by atoms with van der Waals surface area (Å²) in [5, 5.41) is 5.47. The van der Waals surface area contributed by atoms with Crippen LogP contribution in [-0.4, -0.2) is 18.4 Å². The lowest BCUT2D eigenvalue weighted by Gasteiger charge is -2.12. The van der Waals surface area contributed by atoms with Crippen molar-refractivity contribution in [1.82, 2.24) is 0 Å². The number of amides is 2. The second-order valence-corrected chi connectivity index (χ2v) is 6.18. The number of nitrogens with one attached hydrogen (secondary N) is 2. The average Bonchev–Trinajstić information content (AvgIpc) is 2.68. The van der Waals surface area contributed by atoms with Crippen molar-refractivity contribution in [2.24, 2.45) is 0 Å². The van der Waals surface area contributed by atoms with Crippen LogP contribution in [0.1, 0.15) is 10.4 Å². The maximum absolute atomic E-state index is 13.1. The van der Waals surface area contributed by atoms with Gasteiger partial charge in [-0.1, -0.05) is 41.9 Å². The normalized spacial score (nSPS) is 10.2. The molecule has 0 unspecified atom stereocenters. The van der Waals surface area contributed by atoms with Gasteiger partial charge in [-0.2, -0.15) is 0 Å². The molecule has 0 radical (unpaired) electrons. The molecule has 0 atom stereocenters. The van der Waals surface area contributed by atoms with Gasteiger partial charge in [-0.05, 0) is 42.5 Å². The van der Waals surface area contributed by atoms with Gasteiger partial charge in [-0.15, -0.1) is 0 Å². The van der Waals surface area contributed by atoms with Gasteiger partial charge in [0.25, 0.3) is 11.8 Å². The number of carbonyl (C=O) groups is 2. The van der Waals surface area contributed by atoms with Crippen LogP contribution in [0.3, 0.4) is 0 Å². The van der Waals surface area contributed by atoms with Crippen molar-refractivity contribution in [3.05, 3.63) is 89.2 Å². The fourth-order valence-corrected chi connectivity index (χ4v) is 2.65. The molecule has 2 amide bonds. The Labute approximate surface area is 166 Å². The van der Waals surface area contributed by atoms with E-state index in [4.69, 9.17) is 16.3 Å². The van der Waals surface area contributed by atoms with Gasteiger partial charge in [-0.3, -0.25) is 9.59 Å². The van der Waals surface area contributed by atoms with Gasteiger partial charge >= 0.3 is 0 Å². The first-order chi connectivity index (χ1) is 13.5. The number of benzene rings is 3. The molecule has 3 rings (SSSR count). The molecule has 0 saturated carbocycles. The molecule has 0 spiro atoms.